The van der Waals surface area contributed by atoms with Gasteiger partial charge in [-0.1, -0.05) is 18.2 Å². The Morgan fingerprint density at radius 1 is 1.14 bits per heavy atom. The number of para-hydroxylation sites is 1. The van der Waals surface area contributed by atoms with Crippen molar-refractivity contribution in [1.29, 1.82) is 0 Å². The molecule has 1 atom stereocenters. The van der Waals surface area contributed by atoms with Gasteiger partial charge < -0.3 is 9.32 Å². The van der Waals surface area contributed by atoms with Gasteiger partial charge in [0.15, 0.2) is 11.5 Å². The molecule has 0 aliphatic carbocycles. The van der Waals surface area contributed by atoms with E-state index < -0.39 is 0 Å². The molecular formula is C22H19N5O2. The van der Waals surface area contributed by atoms with Crippen molar-refractivity contribution in [2.24, 2.45) is 5.92 Å². The highest BCUT2D eigenvalue weighted by molar-refractivity contribution is 5.98. The zero-order valence-electron chi connectivity index (χ0n) is 15.7. The summed E-state index contributed by atoms with van der Waals surface area (Å²) in [7, 11) is 0. The standard InChI is InChI=1S/C22H19N5O2/c28-21(16-6-3-9-23-12-16)17-7-4-10-27(14-17)22-25-18(13-24-26-22)20-11-15-5-1-2-8-19(15)29-20/h1-3,5-6,8-9,11-13,17H,4,7,10,14H2. The molecule has 1 aliphatic heterocycles. The molecule has 0 spiro atoms. The third-order valence-electron chi connectivity index (χ3n) is 5.25. The Balaban J connectivity index is 1.39. The number of Topliss-reactive ketones (excluding diaryl/α,β-unsaturated/α-hetero) is 1. The summed E-state index contributed by atoms with van der Waals surface area (Å²) in [6.45, 7) is 1.36. The Hall–Kier alpha value is -3.61. The van der Waals surface area contributed by atoms with Crippen molar-refractivity contribution in [1.82, 2.24) is 20.2 Å². The number of anilines is 1. The van der Waals surface area contributed by atoms with Crippen LogP contribution < -0.4 is 4.90 Å². The molecule has 1 fully saturated rings. The zero-order chi connectivity index (χ0) is 19.6. The Bertz CT molecular complexity index is 1130. The van der Waals surface area contributed by atoms with E-state index in [4.69, 9.17) is 4.42 Å². The molecular weight excluding hydrogens is 366 g/mol. The maximum absolute atomic E-state index is 12.8. The first-order chi connectivity index (χ1) is 14.3. The van der Waals surface area contributed by atoms with Gasteiger partial charge in [-0.2, -0.15) is 5.10 Å². The van der Waals surface area contributed by atoms with Crippen LogP contribution in [0, 0.1) is 5.92 Å². The summed E-state index contributed by atoms with van der Waals surface area (Å²) in [6, 6.07) is 13.4. The second kappa shape index (κ2) is 7.43. The highest BCUT2D eigenvalue weighted by atomic mass is 16.3. The molecule has 0 N–H and O–H groups in total. The van der Waals surface area contributed by atoms with Gasteiger partial charge in [0.05, 0.1) is 6.20 Å². The van der Waals surface area contributed by atoms with E-state index in [-0.39, 0.29) is 11.7 Å². The second-order valence-corrected chi connectivity index (χ2v) is 7.18. The van der Waals surface area contributed by atoms with E-state index in [0.29, 0.717) is 29.5 Å². The highest BCUT2D eigenvalue weighted by Gasteiger charge is 2.28. The quantitative estimate of drug-likeness (QED) is 0.494. The van der Waals surface area contributed by atoms with Crippen LogP contribution in [0.5, 0.6) is 0 Å². The normalized spacial score (nSPS) is 16.8. The molecule has 1 unspecified atom stereocenters. The van der Waals surface area contributed by atoms with E-state index in [1.54, 1.807) is 24.7 Å². The van der Waals surface area contributed by atoms with E-state index in [0.717, 1.165) is 30.4 Å². The lowest BCUT2D eigenvalue weighted by molar-refractivity contribution is 0.0906. The van der Waals surface area contributed by atoms with Crippen LogP contribution >= 0.6 is 0 Å². The summed E-state index contributed by atoms with van der Waals surface area (Å²) in [5.74, 6) is 1.18. The maximum atomic E-state index is 12.8. The molecule has 1 saturated heterocycles. The minimum Gasteiger partial charge on any atom is -0.454 e. The first kappa shape index (κ1) is 17.5. The van der Waals surface area contributed by atoms with Crippen LogP contribution in [-0.4, -0.2) is 39.0 Å². The third-order valence-corrected chi connectivity index (χ3v) is 5.25. The molecule has 0 bridgehead atoms. The van der Waals surface area contributed by atoms with Crippen molar-refractivity contribution in [2.75, 3.05) is 18.0 Å². The molecule has 3 aromatic heterocycles. The number of hydrogen-bond donors (Lipinski definition) is 0. The predicted molar refractivity (Wildman–Crippen MR) is 109 cm³/mol. The molecule has 5 rings (SSSR count). The fourth-order valence-corrected chi connectivity index (χ4v) is 3.77. The molecule has 7 heteroatoms. The Kier molecular flexibility index (Phi) is 4.48. The van der Waals surface area contributed by atoms with E-state index in [9.17, 15) is 4.79 Å². The number of carbonyl (C=O) groups is 1. The minimum absolute atomic E-state index is 0.105. The molecule has 1 aliphatic rings. The summed E-state index contributed by atoms with van der Waals surface area (Å²) in [4.78, 5) is 23.6. The van der Waals surface area contributed by atoms with E-state index in [1.807, 2.05) is 41.3 Å². The van der Waals surface area contributed by atoms with Crippen molar-refractivity contribution < 1.29 is 9.21 Å². The fourth-order valence-electron chi connectivity index (χ4n) is 3.77. The summed E-state index contributed by atoms with van der Waals surface area (Å²) < 4.78 is 5.90. The van der Waals surface area contributed by atoms with Gasteiger partial charge in [-0.05, 0) is 37.1 Å². The average Bonchev–Trinajstić information content (AvgIpc) is 3.24. The molecule has 0 saturated carbocycles. The Morgan fingerprint density at radius 2 is 2.07 bits per heavy atom. The van der Waals surface area contributed by atoms with Crippen molar-refractivity contribution in [3.05, 3.63) is 66.6 Å². The number of carbonyl (C=O) groups excluding carboxylic acids is 1. The lowest BCUT2D eigenvalue weighted by Crippen LogP contribution is -2.39. The number of rotatable bonds is 4. The molecule has 0 radical (unpaired) electrons. The van der Waals surface area contributed by atoms with E-state index in [2.05, 4.69) is 20.2 Å². The summed E-state index contributed by atoms with van der Waals surface area (Å²) in [5, 5.41) is 9.35. The molecule has 7 nitrogen and oxygen atoms in total. The number of fused-ring (bicyclic) bond motifs is 1. The first-order valence-corrected chi connectivity index (χ1v) is 9.66. The SMILES string of the molecule is O=C(c1cccnc1)C1CCCN(c2nncc(-c3cc4ccccc4o3)n2)C1. The van der Waals surface area contributed by atoms with Gasteiger partial charge in [-0.3, -0.25) is 9.78 Å². The highest BCUT2D eigenvalue weighted by Crippen LogP contribution is 2.28. The van der Waals surface area contributed by atoms with Gasteiger partial charge in [0.1, 0.15) is 11.3 Å². The Labute approximate surface area is 167 Å². The second-order valence-electron chi connectivity index (χ2n) is 7.18. The monoisotopic (exact) mass is 385 g/mol. The van der Waals surface area contributed by atoms with E-state index >= 15 is 0 Å². The van der Waals surface area contributed by atoms with Crippen molar-refractivity contribution in [3.8, 4) is 11.5 Å². The van der Waals surface area contributed by atoms with Gasteiger partial charge in [0.2, 0.25) is 5.95 Å². The maximum Gasteiger partial charge on any atom is 0.246 e. The number of piperidine rings is 1. The number of nitrogens with zero attached hydrogens (tertiary/aromatic N) is 5. The van der Waals surface area contributed by atoms with Gasteiger partial charge in [0.25, 0.3) is 0 Å². The number of hydrogen-bond acceptors (Lipinski definition) is 7. The van der Waals surface area contributed by atoms with Gasteiger partial charge >= 0.3 is 0 Å². The van der Waals surface area contributed by atoms with Gasteiger partial charge in [-0.25, -0.2) is 4.98 Å². The summed E-state index contributed by atoms with van der Waals surface area (Å²) in [6.07, 6.45) is 6.65. The third kappa shape index (κ3) is 3.47. The molecule has 1 aromatic carbocycles. The van der Waals surface area contributed by atoms with Crippen LogP contribution in [0.4, 0.5) is 5.95 Å². The summed E-state index contributed by atoms with van der Waals surface area (Å²) >= 11 is 0. The predicted octanol–water partition coefficient (Wildman–Crippen LogP) is 3.78. The first-order valence-electron chi connectivity index (χ1n) is 9.66. The van der Waals surface area contributed by atoms with Gasteiger partial charge in [-0.15, -0.1) is 5.10 Å². The summed E-state index contributed by atoms with van der Waals surface area (Å²) in [5.41, 5.74) is 2.09. The van der Waals surface area contributed by atoms with Crippen LogP contribution in [0.1, 0.15) is 23.2 Å². The smallest absolute Gasteiger partial charge is 0.246 e. The van der Waals surface area contributed by atoms with Gasteiger partial charge in [0, 0.05) is 42.4 Å². The number of ketones is 1. The molecule has 4 heterocycles. The molecule has 29 heavy (non-hydrogen) atoms. The fraction of sp³-hybridized carbons (Fsp3) is 0.227. The molecule has 144 valence electrons. The van der Waals surface area contributed by atoms with Crippen molar-refractivity contribution >= 4 is 22.7 Å². The van der Waals surface area contributed by atoms with Crippen LogP contribution in [0.2, 0.25) is 0 Å². The van der Waals surface area contributed by atoms with Crippen LogP contribution in [-0.2, 0) is 0 Å². The zero-order valence-corrected chi connectivity index (χ0v) is 15.7. The topological polar surface area (TPSA) is 85.0 Å². The van der Waals surface area contributed by atoms with Crippen LogP contribution in [0.25, 0.3) is 22.4 Å². The molecule has 4 aromatic rings. The van der Waals surface area contributed by atoms with Crippen molar-refractivity contribution in [3.63, 3.8) is 0 Å². The van der Waals surface area contributed by atoms with E-state index in [1.165, 1.54) is 0 Å². The van der Waals surface area contributed by atoms with Crippen LogP contribution in [0.15, 0.2) is 65.5 Å². The number of aromatic nitrogens is 4. The number of pyridine rings is 1. The lowest BCUT2D eigenvalue weighted by atomic mass is 9.91. The average molecular weight is 385 g/mol. The number of benzene rings is 1. The largest absolute Gasteiger partial charge is 0.454 e. The van der Waals surface area contributed by atoms with Crippen molar-refractivity contribution in [2.45, 2.75) is 12.8 Å². The lowest BCUT2D eigenvalue weighted by Gasteiger charge is -2.31. The minimum atomic E-state index is -0.105. The molecule has 0 amide bonds. The number of furan rings is 1. The van der Waals surface area contributed by atoms with Crippen LogP contribution in [0.3, 0.4) is 0 Å². The Morgan fingerprint density at radius 3 is 2.93 bits per heavy atom.